The van der Waals surface area contributed by atoms with Crippen LogP contribution in [0.5, 0.6) is 11.5 Å². The summed E-state index contributed by atoms with van der Waals surface area (Å²) < 4.78 is 49.2. The predicted octanol–water partition coefficient (Wildman–Crippen LogP) is 3.69. The van der Waals surface area contributed by atoms with Crippen molar-refractivity contribution in [3.05, 3.63) is 60.6 Å². The molecule has 0 radical (unpaired) electrons. The van der Waals surface area contributed by atoms with Gasteiger partial charge in [-0.2, -0.15) is 0 Å². The van der Waals surface area contributed by atoms with Crippen LogP contribution in [-0.2, 0) is 26.2 Å². The van der Waals surface area contributed by atoms with Crippen LogP contribution in [-0.4, -0.2) is 39.1 Å². The van der Waals surface area contributed by atoms with Crippen LogP contribution in [0.3, 0.4) is 0 Å². The van der Waals surface area contributed by atoms with E-state index in [4.69, 9.17) is 18.6 Å². The van der Waals surface area contributed by atoms with Crippen molar-refractivity contribution in [2.45, 2.75) is 37.2 Å². The fourth-order valence-electron chi connectivity index (χ4n) is 3.38. The Hall–Kier alpha value is -3.37. The molecule has 1 aliphatic rings. The van der Waals surface area contributed by atoms with Gasteiger partial charge in [-0.05, 0) is 25.0 Å². The second-order valence-corrected chi connectivity index (χ2v) is 9.43. The van der Waals surface area contributed by atoms with E-state index in [9.17, 15) is 13.2 Å². The Labute approximate surface area is 198 Å². The average Bonchev–Trinajstić information content (AvgIpc) is 3.34. The van der Waals surface area contributed by atoms with Gasteiger partial charge in [0.15, 0.2) is 23.9 Å². The molecule has 1 aromatic heterocycles. The van der Waals surface area contributed by atoms with Gasteiger partial charge in [-0.1, -0.05) is 36.8 Å². The second kappa shape index (κ2) is 11.2. The number of oxazole rings is 1. The molecule has 0 aliphatic carbocycles. The molecule has 180 valence electrons. The summed E-state index contributed by atoms with van der Waals surface area (Å²) in [5.74, 6) is 1.56. The third-order valence-electron chi connectivity index (χ3n) is 5.14. The van der Waals surface area contributed by atoms with Gasteiger partial charge in [0.1, 0.15) is 13.2 Å². The zero-order chi connectivity index (χ0) is 23.8. The van der Waals surface area contributed by atoms with Gasteiger partial charge in [0.2, 0.25) is 15.9 Å². The maximum Gasteiger partial charge on any atom is 0.306 e. The molecular weight excluding hydrogens is 460 g/mol. The highest BCUT2D eigenvalue weighted by Crippen LogP contribution is 2.32. The standard InChI is InChI=1S/C24H26N2O7S/c27-24(32-17-23-25-16-22(33-23)18-7-3-1-4-8-18)9-5-2-6-12-26-34(28,29)19-10-11-20-21(15-19)31-14-13-30-20/h1,3-4,7-8,10-11,15-16,26H,2,5-6,9,12-14,17H2. The molecule has 2 aromatic carbocycles. The van der Waals surface area contributed by atoms with E-state index in [1.54, 1.807) is 12.3 Å². The van der Waals surface area contributed by atoms with Crippen LogP contribution in [0.2, 0.25) is 0 Å². The maximum atomic E-state index is 12.5. The van der Waals surface area contributed by atoms with Gasteiger partial charge in [-0.15, -0.1) is 0 Å². The summed E-state index contributed by atoms with van der Waals surface area (Å²) in [5.41, 5.74) is 0.900. The molecule has 9 nitrogen and oxygen atoms in total. The molecule has 0 amide bonds. The lowest BCUT2D eigenvalue weighted by Gasteiger charge is -2.18. The molecule has 0 bridgehead atoms. The van der Waals surface area contributed by atoms with Crippen LogP contribution < -0.4 is 14.2 Å². The summed E-state index contributed by atoms with van der Waals surface area (Å²) >= 11 is 0. The first kappa shape index (κ1) is 23.8. The van der Waals surface area contributed by atoms with Crippen molar-refractivity contribution in [2.75, 3.05) is 19.8 Å². The molecule has 0 saturated heterocycles. The normalized spacial score (nSPS) is 12.9. The van der Waals surface area contributed by atoms with Crippen LogP contribution in [0.25, 0.3) is 11.3 Å². The first-order valence-electron chi connectivity index (χ1n) is 11.1. The lowest BCUT2D eigenvalue weighted by molar-refractivity contribution is -0.145. The van der Waals surface area contributed by atoms with Gasteiger partial charge in [-0.3, -0.25) is 4.79 Å². The van der Waals surface area contributed by atoms with Crippen molar-refractivity contribution in [1.29, 1.82) is 0 Å². The van der Waals surface area contributed by atoms with Crippen LogP contribution >= 0.6 is 0 Å². The van der Waals surface area contributed by atoms with Crippen LogP contribution in [0.4, 0.5) is 0 Å². The summed E-state index contributed by atoms with van der Waals surface area (Å²) in [4.78, 5) is 16.2. The number of ether oxygens (including phenoxy) is 3. The van der Waals surface area contributed by atoms with Crippen LogP contribution in [0.15, 0.2) is 64.0 Å². The summed E-state index contributed by atoms with van der Waals surface area (Å²) in [6, 6.07) is 14.1. The van der Waals surface area contributed by atoms with Crippen LogP contribution in [0.1, 0.15) is 31.6 Å². The Bertz CT molecular complexity index is 1210. The molecule has 1 N–H and O–H groups in total. The number of sulfonamides is 1. The highest BCUT2D eigenvalue weighted by Gasteiger charge is 2.19. The first-order chi connectivity index (χ1) is 16.5. The van der Waals surface area contributed by atoms with E-state index in [0.717, 1.165) is 5.56 Å². The number of aromatic nitrogens is 1. The number of nitrogens with zero attached hydrogens (tertiary/aromatic N) is 1. The van der Waals surface area contributed by atoms with Crippen molar-refractivity contribution in [2.24, 2.45) is 0 Å². The zero-order valence-corrected chi connectivity index (χ0v) is 19.4. The van der Waals surface area contributed by atoms with Gasteiger partial charge in [-0.25, -0.2) is 18.1 Å². The van der Waals surface area contributed by atoms with Gasteiger partial charge in [0.25, 0.3) is 0 Å². The molecule has 34 heavy (non-hydrogen) atoms. The molecule has 0 fully saturated rings. The molecule has 3 aromatic rings. The lowest BCUT2D eigenvalue weighted by atomic mass is 10.2. The summed E-state index contributed by atoms with van der Waals surface area (Å²) in [6.07, 6.45) is 3.70. The molecular formula is C24H26N2O7S. The monoisotopic (exact) mass is 486 g/mol. The summed E-state index contributed by atoms with van der Waals surface area (Å²) in [5, 5.41) is 0. The molecule has 4 rings (SSSR count). The second-order valence-electron chi connectivity index (χ2n) is 7.66. The number of esters is 1. The third-order valence-corrected chi connectivity index (χ3v) is 6.60. The van der Waals surface area contributed by atoms with Crippen molar-refractivity contribution >= 4 is 16.0 Å². The largest absolute Gasteiger partial charge is 0.486 e. The Morgan fingerprint density at radius 1 is 1.00 bits per heavy atom. The fraction of sp³-hybridized carbons (Fsp3) is 0.333. The van der Waals surface area contributed by atoms with Crippen molar-refractivity contribution in [3.63, 3.8) is 0 Å². The molecule has 0 atom stereocenters. The molecule has 1 aliphatic heterocycles. The predicted molar refractivity (Wildman–Crippen MR) is 123 cm³/mol. The topological polar surface area (TPSA) is 117 Å². The number of unbranched alkanes of at least 4 members (excludes halogenated alkanes) is 2. The summed E-state index contributed by atoms with van der Waals surface area (Å²) in [7, 11) is -3.65. The zero-order valence-electron chi connectivity index (χ0n) is 18.6. The maximum absolute atomic E-state index is 12.5. The molecule has 2 heterocycles. The van der Waals surface area contributed by atoms with E-state index >= 15 is 0 Å². The van der Waals surface area contributed by atoms with E-state index in [0.29, 0.717) is 55.6 Å². The Morgan fingerprint density at radius 3 is 2.62 bits per heavy atom. The number of carbonyl (C=O) groups excluding carboxylic acids is 1. The number of nitrogens with one attached hydrogen (secondary N) is 1. The lowest BCUT2D eigenvalue weighted by Crippen LogP contribution is -2.25. The molecule has 0 saturated carbocycles. The van der Waals surface area contributed by atoms with E-state index in [1.165, 1.54) is 12.1 Å². The number of fused-ring (bicyclic) bond motifs is 1. The minimum Gasteiger partial charge on any atom is -0.486 e. The Morgan fingerprint density at radius 2 is 1.79 bits per heavy atom. The molecule has 0 spiro atoms. The first-order valence-corrected chi connectivity index (χ1v) is 12.5. The smallest absolute Gasteiger partial charge is 0.306 e. The number of benzene rings is 2. The van der Waals surface area contributed by atoms with E-state index in [2.05, 4.69) is 9.71 Å². The van der Waals surface area contributed by atoms with Crippen LogP contribution in [0, 0.1) is 0 Å². The number of rotatable bonds is 11. The van der Waals surface area contributed by atoms with Gasteiger partial charge < -0.3 is 18.6 Å². The van der Waals surface area contributed by atoms with Gasteiger partial charge >= 0.3 is 5.97 Å². The molecule has 0 unspecified atom stereocenters. The fourth-order valence-corrected chi connectivity index (χ4v) is 4.47. The van der Waals surface area contributed by atoms with E-state index in [1.807, 2.05) is 30.3 Å². The minimum atomic E-state index is -3.65. The highest BCUT2D eigenvalue weighted by atomic mass is 32.2. The van der Waals surface area contributed by atoms with E-state index < -0.39 is 10.0 Å². The summed E-state index contributed by atoms with van der Waals surface area (Å²) in [6.45, 7) is 1.07. The number of hydrogen-bond acceptors (Lipinski definition) is 8. The van der Waals surface area contributed by atoms with Crippen molar-refractivity contribution in [3.8, 4) is 22.8 Å². The minimum absolute atomic E-state index is 0.0268. The third kappa shape index (κ3) is 6.36. The van der Waals surface area contributed by atoms with Gasteiger partial charge in [0.05, 0.1) is 11.1 Å². The van der Waals surface area contributed by atoms with Gasteiger partial charge in [0, 0.05) is 24.6 Å². The average molecular weight is 487 g/mol. The SMILES string of the molecule is O=C(CCCCCNS(=O)(=O)c1ccc2c(c1)OCCO2)OCc1ncc(-c2ccccc2)o1. The quantitative estimate of drug-likeness (QED) is 0.322. The highest BCUT2D eigenvalue weighted by molar-refractivity contribution is 7.89. The number of carbonyl (C=O) groups is 1. The molecule has 10 heteroatoms. The Kier molecular flexibility index (Phi) is 7.81. The number of hydrogen-bond donors (Lipinski definition) is 1. The van der Waals surface area contributed by atoms with Crippen molar-refractivity contribution in [1.82, 2.24) is 9.71 Å². The van der Waals surface area contributed by atoms with Crippen molar-refractivity contribution < 1.29 is 31.8 Å². The van der Waals surface area contributed by atoms with E-state index in [-0.39, 0.29) is 30.4 Å². The Balaban J connectivity index is 1.12.